The number of benzene rings is 1. The summed E-state index contributed by atoms with van der Waals surface area (Å²) >= 11 is 0. The van der Waals surface area contributed by atoms with Crippen LogP contribution in [0.2, 0.25) is 0 Å². The van der Waals surface area contributed by atoms with Crippen LogP contribution in [0.15, 0.2) is 30.3 Å². The molecule has 22 heavy (non-hydrogen) atoms. The Labute approximate surface area is 133 Å². The van der Waals surface area contributed by atoms with E-state index in [0.717, 1.165) is 26.1 Å². The van der Waals surface area contributed by atoms with E-state index in [4.69, 9.17) is 4.74 Å². The lowest BCUT2D eigenvalue weighted by atomic mass is 9.62. The van der Waals surface area contributed by atoms with E-state index in [1.165, 1.54) is 44.8 Å². The summed E-state index contributed by atoms with van der Waals surface area (Å²) in [5.41, 5.74) is 1.52. The Morgan fingerprint density at radius 3 is 2.77 bits per heavy atom. The van der Waals surface area contributed by atoms with Gasteiger partial charge < -0.3 is 4.74 Å². The van der Waals surface area contributed by atoms with Crippen LogP contribution in [-0.4, -0.2) is 31.1 Å². The molecule has 3 heteroatoms. The molecular formula is C19H27NO2. The van der Waals surface area contributed by atoms with Crippen molar-refractivity contribution in [2.75, 3.05) is 20.2 Å². The number of nitrogens with zero attached hydrogens (tertiary/aromatic N) is 1. The van der Waals surface area contributed by atoms with E-state index in [9.17, 15) is 4.79 Å². The Bertz CT molecular complexity index is 497. The second-order valence-corrected chi connectivity index (χ2v) is 6.98. The Kier molecular flexibility index (Phi) is 4.82. The molecule has 1 saturated carbocycles. The Hall–Kier alpha value is -1.35. The van der Waals surface area contributed by atoms with E-state index >= 15 is 0 Å². The van der Waals surface area contributed by atoms with Gasteiger partial charge in [-0.2, -0.15) is 0 Å². The van der Waals surface area contributed by atoms with Crippen LogP contribution in [0.5, 0.6) is 0 Å². The number of rotatable bonds is 3. The van der Waals surface area contributed by atoms with Crippen LogP contribution in [0.3, 0.4) is 0 Å². The molecule has 2 atom stereocenters. The van der Waals surface area contributed by atoms with E-state index in [-0.39, 0.29) is 17.3 Å². The van der Waals surface area contributed by atoms with Gasteiger partial charge in [-0.05, 0) is 43.2 Å². The third-order valence-electron chi connectivity index (χ3n) is 5.58. The van der Waals surface area contributed by atoms with Gasteiger partial charge in [0, 0.05) is 13.1 Å². The monoisotopic (exact) mass is 301 g/mol. The molecule has 1 aliphatic heterocycles. The molecule has 0 unspecified atom stereocenters. The molecule has 0 bridgehead atoms. The van der Waals surface area contributed by atoms with Crippen molar-refractivity contribution >= 4 is 5.97 Å². The van der Waals surface area contributed by atoms with Crippen molar-refractivity contribution in [1.82, 2.24) is 4.90 Å². The molecule has 3 rings (SSSR count). The number of ether oxygens (including phenoxy) is 1. The largest absolute Gasteiger partial charge is 0.469 e. The lowest BCUT2D eigenvalue weighted by Crippen LogP contribution is -2.50. The normalized spacial score (nSPS) is 29.4. The van der Waals surface area contributed by atoms with Crippen molar-refractivity contribution in [3.05, 3.63) is 35.9 Å². The van der Waals surface area contributed by atoms with Crippen LogP contribution in [0.4, 0.5) is 0 Å². The van der Waals surface area contributed by atoms with Crippen molar-refractivity contribution in [3.63, 3.8) is 0 Å². The van der Waals surface area contributed by atoms with Gasteiger partial charge in [-0.25, -0.2) is 0 Å². The van der Waals surface area contributed by atoms with Crippen LogP contribution in [0.25, 0.3) is 0 Å². The first-order valence-corrected chi connectivity index (χ1v) is 8.58. The molecule has 1 spiro atoms. The fourth-order valence-corrected chi connectivity index (χ4v) is 4.54. The third kappa shape index (κ3) is 3.19. The van der Waals surface area contributed by atoms with E-state index in [1.807, 2.05) is 0 Å². The predicted molar refractivity (Wildman–Crippen MR) is 87.4 cm³/mol. The summed E-state index contributed by atoms with van der Waals surface area (Å²) in [6.07, 6.45) is 6.98. The minimum absolute atomic E-state index is 0.0151. The molecule has 1 aromatic rings. The highest BCUT2D eigenvalue weighted by Gasteiger charge is 2.47. The molecule has 0 N–H and O–H groups in total. The lowest BCUT2D eigenvalue weighted by molar-refractivity contribution is -0.155. The van der Waals surface area contributed by atoms with E-state index < -0.39 is 0 Å². The van der Waals surface area contributed by atoms with Crippen molar-refractivity contribution in [1.29, 1.82) is 0 Å². The van der Waals surface area contributed by atoms with Gasteiger partial charge in [0.05, 0.1) is 13.0 Å². The molecule has 1 aromatic carbocycles. The van der Waals surface area contributed by atoms with Crippen molar-refractivity contribution in [2.24, 2.45) is 11.3 Å². The van der Waals surface area contributed by atoms with E-state index in [0.29, 0.717) is 0 Å². The van der Waals surface area contributed by atoms with Gasteiger partial charge in [-0.3, -0.25) is 9.69 Å². The molecule has 120 valence electrons. The molecule has 0 aromatic heterocycles. The second kappa shape index (κ2) is 6.82. The maximum Gasteiger partial charge on any atom is 0.309 e. The first-order valence-electron chi connectivity index (χ1n) is 8.58. The molecule has 1 heterocycles. The summed E-state index contributed by atoms with van der Waals surface area (Å²) in [5, 5.41) is 0. The maximum atomic E-state index is 12.3. The number of carbonyl (C=O) groups is 1. The van der Waals surface area contributed by atoms with Crippen LogP contribution >= 0.6 is 0 Å². The van der Waals surface area contributed by atoms with Gasteiger partial charge in [-0.15, -0.1) is 0 Å². The summed E-state index contributed by atoms with van der Waals surface area (Å²) in [6, 6.07) is 10.7. The van der Waals surface area contributed by atoms with Crippen LogP contribution < -0.4 is 0 Å². The number of hydrogen-bond donors (Lipinski definition) is 0. The average molecular weight is 301 g/mol. The van der Waals surface area contributed by atoms with Gasteiger partial charge in [0.2, 0.25) is 0 Å². The maximum absolute atomic E-state index is 12.3. The van der Waals surface area contributed by atoms with Crippen LogP contribution in [-0.2, 0) is 16.1 Å². The highest BCUT2D eigenvalue weighted by Crippen LogP contribution is 2.48. The van der Waals surface area contributed by atoms with Crippen molar-refractivity contribution in [2.45, 2.75) is 45.1 Å². The molecule has 3 nitrogen and oxygen atoms in total. The van der Waals surface area contributed by atoms with Crippen molar-refractivity contribution < 1.29 is 9.53 Å². The first-order chi connectivity index (χ1) is 10.7. The minimum Gasteiger partial charge on any atom is -0.469 e. The number of methoxy groups -OCH3 is 1. The van der Waals surface area contributed by atoms with Gasteiger partial charge >= 0.3 is 5.97 Å². The fraction of sp³-hybridized carbons (Fsp3) is 0.632. The van der Waals surface area contributed by atoms with E-state index in [2.05, 4.69) is 35.2 Å². The quantitative estimate of drug-likeness (QED) is 0.798. The van der Waals surface area contributed by atoms with Gasteiger partial charge in [-0.1, -0.05) is 43.2 Å². The average Bonchev–Trinajstić information content (AvgIpc) is 2.56. The summed E-state index contributed by atoms with van der Waals surface area (Å²) in [7, 11) is 1.54. The lowest BCUT2D eigenvalue weighted by Gasteiger charge is -2.49. The van der Waals surface area contributed by atoms with Gasteiger partial charge in [0.25, 0.3) is 0 Å². The number of carbonyl (C=O) groups excluding carboxylic acids is 1. The summed E-state index contributed by atoms with van der Waals surface area (Å²) in [4.78, 5) is 14.8. The second-order valence-electron chi connectivity index (χ2n) is 6.98. The third-order valence-corrected chi connectivity index (χ3v) is 5.58. The molecule has 1 aliphatic carbocycles. The number of piperidine rings is 1. The summed E-state index contributed by atoms with van der Waals surface area (Å²) in [5.74, 6) is 0.117. The van der Waals surface area contributed by atoms with Crippen LogP contribution in [0.1, 0.15) is 44.1 Å². The molecule has 1 saturated heterocycles. The molecule has 2 fully saturated rings. The van der Waals surface area contributed by atoms with Crippen LogP contribution in [0, 0.1) is 11.3 Å². The zero-order chi connectivity index (χ0) is 15.4. The molecule has 0 amide bonds. The van der Waals surface area contributed by atoms with Crippen molar-refractivity contribution in [3.8, 4) is 0 Å². The Morgan fingerprint density at radius 2 is 2.00 bits per heavy atom. The smallest absolute Gasteiger partial charge is 0.309 e. The number of esters is 1. The topological polar surface area (TPSA) is 29.5 Å². The first kappa shape index (κ1) is 15.5. The summed E-state index contributed by atoms with van der Waals surface area (Å²) in [6.45, 7) is 3.18. The van der Waals surface area contributed by atoms with Gasteiger partial charge in [0.1, 0.15) is 0 Å². The Morgan fingerprint density at radius 1 is 1.23 bits per heavy atom. The predicted octanol–water partition coefficient (Wildman–Crippen LogP) is 3.63. The Balaban J connectivity index is 1.73. The molecule has 2 aliphatic rings. The highest BCUT2D eigenvalue weighted by molar-refractivity contribution is 5.73. The zero-order valence-corrected chi connectivity index (χ0v) is 13.6. The zero-order valence-electron chi connectivity index (χ0n) is 13.6. The highest BCUT2D eigenvalue weighted by atomic mass is 16.5. The van der Waals surface area contributed by atoms with Gasteiger partial charge in [0.15, 0.2) is 0 Å². The fourth-order valence-electron chi connectivity index (χ4n) is 4.54. The number of hydrogen-bond acceptors (Lipinski definition) is 3. The minimum atomic E-state index is 0.0151. The number of likely N-dealkylation sites (tertiary alicyclic amines) is 1. The van der Waals surface area contributed by atoms with E-state index in [1.54, 1.807) is 0 Å². The summed E-state index contributed by atoms with van der Waals surface area (Å²) < 4.78 is 5.11. The standard InChI is InChI=1S/C19H27NO2/c1-22-18(21)17-10-5-6-11-19(17)12-7-13-20(15-19)14-16-8-3-2-4-9-16/h2-4,8-9,17H,5-7,10-15H2,1H3/t17-,19-/m0/s1. The molecule has 0 radical (unpaired) electrons. The molecular weight excluding hydrogens is 274 g/mol. The SMILES string of the molecule is COC(=O)[C@@H]1CCCC[C@@]12CCCN(Cc1ccccc1)C2.